The molecule has 4 aromatic carbocycles. The number of carbonyl (C=O) groups excluding carboxylic acids is 4. The largest absolute Gasteiger partial charge is 0.375 e. The quantitative estimate of drug-likeness (QED) is 0.169. The number of rotatable bonds is 11. The SMILES string of the molecule is CCCN(C(=O)NCc1ccc(F)cc1)N1CC(=O)N2[C@@H](Cc3ccc(NC(=O)c4ccccc4)cc3)C(=O)N(Cc3cccc4sc(N)nc34)C[C@@H]21. The normalized spacial score (nSPS) is 17.2. The van der Waals surface area contributed by atoms with E-state index in [-0.39, 0.29) is 56.1 Å². The van der Waals surface area contributed by atoms with Crippen molar-refractivity contribution in [2.45, 2.75) is 45.1 Å². The number of hydrogen-bond acceptors (Lipinski definition) is 8. The number of para-hydroxylation sites is 1. The van der Waals surface area contributed by atoms with Crippen molar-refractivity contribution in [3.63, 3.8) is 0 Å². The average molecular weight is 735 g/mol. The third kappa shape index (κ3) is 7.69. The molecular weight excluding hydrogens is 696 g/mol. The molecule has 0 spiro atoms. The van der Waals surface area contributed by atoms with Crippen LogP contribution in [0.3, 0.4) is 0 Å². The van der Waals surface area contributed by atoms with Crippen molar-refractivity contribution >= 4 is 56.1 Å². The van der Waals surface area contributed by atoms with E-state index in [0.29, 0.717) is 29.3 Å². The van der Waals surface area contributed by atoms with E-state index in [4.69, 9.17) is 5.73 Å². The van der Waals surface area contributed by atoms with Gasteiger partial charge in [-0.15, -0.1) is 0 Å². The number of nitrogens with one attached hydrogen (secondary N) is 2. The molecule has 2 fully saturated rings. The standard InChI is InChI=1S/C39H39FN8O4S/c1-2-19-46(39(52)42-21-26-11-15-29(40)16-12-26)47-24-34(49)48-31(20-25-13-17-30(18-14-25)43-36(50)27-7-4-3-5-8-27)37(51)45(23-33(47)48)22-28-9-6-10-32-35(28)44-38(41)53-32/h3-18,31,33H,2,19-24H2,1H3,(H2,41,44)(H,42,52)(H,43,50)/t31-,33+/m0/s1. The molecule has 0 saturated carbocycles. The molecule has 0 radical (unpaired) electrons. The summed E-state index contributed by atoms with van der Waals surface area (Å²) in [4.78, 5) is 62.7. The molecule has 2 aliphatic rings. The summed E-state index contributed by atoms with van der Waals surface area (Å²) in [6.45, 7) is 2.76. The maximum absolute atomic E-state index is 14.4. The molecule has 53 heavy (non-hydrogen) atoms. The van der Waals surface area contributed by atoms with Crippen molar-refractivity contribution in [2.24, 2.45) is 0 Å². The predicted molar refractivity (Wildman–Crippen MR) is 201 cm³/mol. The molecule has 3 heterocycles. The van der Waals surface area contributed by atoms with E-state index < -0.39 is 18.2 Å². The smallest absolute Gasteiger partial charge is 0.332 e. The highest BCUT2D eigenvalue weighted by atomic mass is 32.1. The Morgan fingerprint density at radius 2 is 1.70 bits per heavy atom. The van der Waals surface area contributed by atoms with Gasteiger partial charge in [-0.25, -0.2) is 14.2 Å². The lowest BCUT2D eigenvalue weighted by atomic mass is 9.99. The number of fused-ring (bicyclic) bond motifs is 2. The number of carbonyl (C=O) groups is 4. The van der Waals surface area contributed by atoms with Crippen LogP contribution in [0.5, 0.6) is 0 Å². The summed E-state index contributed by atoms with van der Waals surface area (Å²) >= 11 is 1.37. The Morgan fingerprint density at radius 3 is 2.43 bits per heavy atom. The third-order valence-electron chi connectivity index (χ3n) is 9.46. The molecule has 2 aliphatic heterocycles. The summed E-state index contributed by atoms with van der Waals surface area (Å²) in [5.74, 6) is -1.09. The monoisotopic (exact) mass is 734 g/mol. The molecular formula is C39H39FN8O4S. The zero-order chi connectivity index (χ0) is 37.1. The van der Waals surface area contributed by atoms with Gasteiger partial charge in [0.05, 0.1) is 23.3 Å². The molecule has 0 bridgehead atoms. The zero-order valence-corrected chi connectivity index (χ0v) is 29.9. The molecule has 12 nitrogen and oxygen atoms in total. The molecule has 14 heteroatoms. The molecule has 0 unspecified atom stereocenters. The third-order valence-corrected chi connectivity index (χ3v) is 10.3. The van der Waals surface area contributed by atoms with Gasteiger partial charge in [0.2, 0.25) is 11.8 Å². The number of halogens is 1. The Balaban J connectivity index is 1.16. The Hall–Kier alpha value is -5.86. The van der Waals surface area contributed by atoms with Gasteiger partial charge in [-0.3, -0.25) is 19.4 Å². The van der Waals surface area contributed by atoms with Gasteiger partial charge in [-0.05, 0) is 65.6 Å². The van der Waals surface area contributed by atoms with Crippen LogP contribution in [0.2, 0.25) is 0 Å². The highest BCUT2D eigenvalue weighted by Crippen LogP contribution is 2.32. The van der Waals surface area contributed by atoms with Crippen LogP contribution in [-0.4, -0.2) is 80.4 Å². The molecule has 2 saturated heterocycles. The number of benzene rings is 4. The van der Waals surface area contributed by atoms with E-state index in [1.165, 1.54) is 23.5 Å². The number of nitrogens with zero attached hydrogens (tertiary/aromatic N) is 5. The maximum Gasteiger partial charge on any atom is 0.332 e. The number of aromatic nitrogens is 1. The predicted octanol–water partition coefficient (Wildman–Crippen LogP) is 5.23. The fourth-order valence-corrected chi connectivity index (χ4v) is 7.70. The first kappa shape index (κ1) is 35.5. The first-order valence-corrected chi connectivity index (χ1v) is 18.3. The van der Waals surface area contributed by atoms with Crippen LogP contribution in [0.25, 0.3) is 10.2 Å². The van der Waals surface area contributed by atoms with Crippen LogP contribution >= 0.6 is 11.3 Å². The summed E-state index contributed by atoms with van der Waals surface area (Å²) in [6, 6.07) is 26.5. The van der Waals surface area contributed by atoms with E-state index in [1.54, 1.807) is 68.3 Å². The zero-order valence-electron chi connectivity index (χ0n) is 29.1. The fraction of sp³-hybridized carbons (Fsp3) is 0.256. The molecule has 272 valence electrons. The fourth-order valence-electron chi connectivity index (χ4n) is 6.92. The van der Waals surface area contributed by atoms with Crippen LogP contribution in [0.1, 0.15) is 40.4 Å². The Labute approximate surface area is 310 Å². The van der Waals surface area contributed by atoms with Gasteiger partial charge in [-0.1, -0.05) is 72.9 Å². The van der Waals surface area contributed by atoms with Gasteiger partial charge in [-0.2, -0.15) is 5.01 Å². The second-order valence-electron chi connectivity index (χ2n) is 13.1. The summed E-state index contributed by atoms with van der Waals surface area (Å²) < 4.78 is 14.4. The van der Waals surface area contributed by atoms with Crippen molar-refractivity contribution in [2.75, 3.05) is 30.7 Å². The lowest BCUT2D eigenvalue weighted by Gasteiger charge is -2.46. The Kier molecular flexibility index (Phi) is 10.3. The highest BCUT2D eigenvalue weighted by molar-refractivity contribution is 7.22. The maximum atomic E-state index is 14.4. The van der Waals surface area contributed by atoms with Crippen molar-refractivity contribution in [1.29, 1.82) is 0 Å². The number of piperazine rings is 1. The first-order valence-electron chi connectivity index (χ1n) is 17.4. The first-order chi connectivity index (χ1) is 25.7. The van der Waals surface area contributed by atoms with Gasteiger partial charge in [0, 0.05) is 37.3 Å². The second-order valence-corrected chi connectivity index (χ2v) is 14.1. The number of anilines is 2. The van der Waals surface area contributed by atoms with Crippen molar-refractivity contribution < 1.29 is 23.6 Å². The summed E-state index contributed by atoms with van der Waals surface area (Å²) in [5, 5.41) is 9.54. The minimum atomic E-state index is -0.860. The summed E-state index contributed by atoms with van der Waals surface area (Å²) in [7, 11) is 0. The molecule has 2 atom stereocenters. The van der Waals surface area contributed by atoms with Crippen LogP contribution < -0.4 is 16.4 Å². The van der Waals surface area contributed by atoms with Crippen molar-refractivity contribution in [1.82, 2.24) is 30.1 Å². The summed E-state index contributed by atoms with van der Waals surface area (Å²) in [6.07, 6.45) is 0.211. The van der Waals surface area contributed by atoms with Gasteiger partial charge in [0.25, 0.3) is 5.91 Å². The number of amides is 5. The number of hydrogen-bond donors (Lipinski definition) is 3. The minimum Gasteiger partial charge on any atom is -0.375 e. The second kappa shape index (κ2) is 15.4. The molecule has 4 N–H and O–H groups in total. The molecule has 5 aromatic rings. The number of thiazole rings is 1. The van der Waals surface area contributed by atoms with E-state index in [2.05, 4.69) is 15.6 Å². The van der Waals surface area contributed by atoms with Gasteiger partial charge >= 0.3 is 6.03 Å². The number of nitrogens with two attached hydrogens (primary N) is 1. The van der Waals surface area contributed by atoms with E-state index in [1.807, 2.05) is 43.3 Å². The van der Waals surface area contributed by atoms with Crippen molar-refractivity contribution in [3.8, 4) is 0 Å². The van der Waals surface area contributed by atoms with Gasteiger partial charge < -0.3 is 26.2 Å². The van der Waals surface area contributed by atoms with Gasteiger partial charge in [0.1, 0.15) is 18.0 Å². The van der Waals surface area contributed by atoms with Crippen LogP contribution in [0.4, 0.5) is 20.0 Å². The van der Waals surface area contributed by atoms with E-state index >= 15 is 0 Å². The van der Waals surface area contributed by atoms with E-state index in [0.717, 1.165) is 26.9 Å². The molecule has 1 aromatic heterocycles. The highest BCUT2D eigenvalue weighted by Gasteiger charge is 2.52. The number of hydrazine groups is 1. The average Bonchev–Trinajstić information content (AvgIpc) is 3.71. The molecule has 7 rings (SSSR count). The number of urea groups is 1. The lowest BCUT2D eigenvalue weighted by Crippen LogP contribution is -2.66. The Morgan fingerprint density at radius 1 is 0.962 bits per heavy atom. The molecule has 5 amide bonds. The summed E-state index contributed by atoms with van der Waals surface area (Å²) in [5.41, 5.74) is 10.3. The van der Waals surface area contributed by atoms with Gasteiger partial charge in [0.15, 0.2) is 5.13 Å². The lowest BCUT2D eigenvalue weighted by molar-refractivity contribution is -0.157. The van der Waals surface area contributed by atoms with Crippen LogP contribution in [-0.2, 0) is 29.1 Å². The van der Waals surface area contributed by atoms with Crippen LogP contribution in [0, 0.1) is 5.82 Å². The molecule has 0 aliphatic carbocycles. The van der Waals surface area contributed by atoms with E-state index in [9.17, 15) is 23.6 Å². The van der Waals surface area contributed by atoms with Crippen molar-refractivity contribution in [3.05, 3.63) is 125 Å². The van der Waals surface area contributed by atoms with Crippen LogP contribution in [0.15, 0.2) is 97.1 Å². The topological polar surface area (TPSA) is 144 Å². The number of nitrogen functional groups attached to an aromatic ring is 1. The minimum absolute atomic E-state index is 0.0884. The Bertz CT molecular complexity index is 2130.